The number of nitrogens with zero attached hydrogens (tertiary/aromatic N) is 2. The number of rotatable bonds is 4. The largest absolute Gasteiger partial charge is 0.346 e. The van der Waals surface area contributed by atoms with E-state index in [0.29, 0.717) is 28.7 Å². The highest BCUT2D eigenvalue weighted by molar-refractivity contribution is 5.93. The van der Waals surface area contributed by atoms with Gasteiger partial charge in [0.15, 0.2) is 0 Å². The number of carbonyl (C=O) groups excluding carboxylic acids is 2. The van der Waals surface area contributed by atoms with E-state index >= 15 is 0 Å². The molecule has 0 saturated carbocycles. The smallest absolute Gasteiger partial charge is 0.270 e. The van der Waals surface area contributed by atoms with Gasteiger partial charge < -0.3 is 16.0 Å². The van der Waals surface area contributed by atoms with E-state index in [2.05, 4.69) is 25.9 Å². The summed E-state index contributed by atoms with van der Waals surface area (Å²) in [4.78, 5) is 32.1. The van der Waals surface area contributed by atoms with Crippen molar-refractivity contribution in [1.29, 1.82) is 0 Å². The third kappa shape index (κ3) is 5.87. The quantitative estimate of drug-likeness (QED) is 0.794. The van der Waals surface area contributed by atoms with Crippen LogP contribution in [-0.4, -0.2) is 27.3 Å². The van der Waals surface area contributed by atoms with E-state index in [0.717, 1.165) is 0 Å². The molecule has 0 radical (unpaired) electrons. The summed E-state index contributed by atoms with van der Waals surface area (Å²) in [6.07, 6.45) is 0. The van der Waals surface area contributed by atoms with Crippen molar-refractivity contribution in [3.8, 4) is 0 Å². The van der Waals surface area contributed by atoms with Gasteiger partial charge in [-0.25, -0.2) is 9.97 Å². The second-order valence-corrected chi connectivity index (χ2v) is 6.81. The highest BCUT2D eigenvalue weighted by Gasteiger charge is 2.17. The number of carbonyl (C=O) groups is 2. The van der Waals surface area contributed by atoms with E-state index in [4.69, 9.17) is 0 Å². The van der Waals surface area contributed by atoms with E-state index in [1.165, 1.54) is 6.92 Å². The Bertz CT molecular complexity index is 796. The molecular formula is C18H23N5O2. The van der Waals surface area contributed by atoms with Gasteiger partial charge in [-0.05, 0) is 52.0 Å². The first-order valence-corrected chi connectivity index (χ1v) is 7.95. The van der Waals surface area contributed by atoms with Gasteiger partial charge >= 0.3 is 0 Å². The van der Waals surface area contributed by atoms with Crippen LogP contribution in [-0.2, 0) is 4.79 Å². The zero-order valence-corrected chi connectivity index (χ0v) is 15.1. The van der Waals surface area contributed by atoms with Crippen LogP contribution in [0.5, 0.6) is 0 Å². The monoisotopic (exact) mass is 341 g/mol. The molecule has 0 atom stereocenters. The molecule has 0 aliphatic rings. The predicted molar refractivity (Wildman–Crippen MR) is 98.0 cm³/mol. The van der Waals surface area contributed by atoms with Gasteiger partial charge in [-0.3, -0.25) is 9.59 Å². The molecule has 0 spiro atoms. The molecule has 1 aromatic heterocycles. The van der Waals surface area contributed by atoms with Crippen LogP contribution in [0, 0.1) is 6.92 Å². The fraction of sp³-hybridized carbons (Fsp3) is 0.333. The Morgan fingerprint density at radius 3 is 2.36 bits per heavy atom. The van der Waals surface area contributed by atoms with E-state index in [1.807, 2.05) is 26.8 Å². The van der Waals surface area contributed by atoms with Crippen molar-refractivity contribution in [3.05, 3.63) is 41.7 Å². The summed E-state index contributed by atoms with van der Waals surface area (Å²) in [6.45, 7) is 8.97. The Morgan fingerprint density at radius 1 is 1.04 bits per heavy atom. The summed E-state index contributed by atoms with van der Waals surface area (Å²) >= 11 is 0. The van der Waals surface area contributed by atoms with Crippen LogP contribution in [0.4, 0.5) is 17.3 Å². The van der Waals surface area contributed by atoms with E-state index in [1.54, 1.807) is 31.2 Å². The van der Waals surface area contributed by atoms with Crippen LogP contribution in [0.15, 0.2) is 30.3 Å². The fourth-order valence-corrected chi connectivity index (χ4v) is 2.15. The molecule has 0 unspecified atom stereocenters. The average Bonchev–Trinajstić information content (AvgIpc) is 2.44. The maximum atomic E-state index is 12.3. The summed E-state index contributed by atoms with van der Waals surface area (Å²) < 4.78 is 0. The first-order chi connectivity index (χ1) is 11.6. The van der Waals surface area contributed by atoms with Gasteiger partial charge in [-0.15, -0.1) is 0 Å². The SMILES string of the molecule is CC(=O)Nc1cccc(Nc2nc(C)cc(C(=O)NC(C)(C)C)n2)c1. The third-order valence-corrected chi connectivity index (χ3v) is 3.01. The molecule has 7 nitrogen and oxygen atoms in total. The van der Waals surface area contributed by atoms with Crippen LogP contribution in [0.25, 0.3) is 0 Å². The standard InChI is InChI=1S/C18H23N5O2/c1-11-9-15(16(25)23-18(3,4)5)22-17(19-11)21-14-8-6-7-13(10-14)20-12(2)24/h6-10H,1-5H3,(H,20,24)(H,23,25)(H,19,21,22). The van der Waals surface area contributed by atoms with Crippen molar-refractivity contribution in [2.75, 3.05) is 10.6 Å². The van der Waals surface area contributed by atoms with Gasteiger partial charge in [-0.1, -0.05) is 6.07 Å². The predicted octanol–water partition coefficient (Wildman–Crippen LogP) is 3.02. The molecule has 2 aromatic rings. The molecule has 0 fully saturated rings. The summed E-state index contributed by atoms with van der Waals surface area (Å²) in [6, 6.07) is 8.82. The Balaban J connectivity index is 2.23. The van der Waals surface area contributed by atoms with Crippen LogP contribution in [0.2, 0.25) is 0 Å². The van der Waals surface area contributed by atoms with Gasteiger partial charge in [0, 0.05) is 29.5 Å². The Labute approximate surface area is 147 Å². The zero-order valence-electron chi connectivity index (χ0n) is 15.1. The minimum Gasteiger partial charge on any atom is -0.346 e. The number of nitrogens with one attached hydrogen (secondary N) is 3. The summed E-state index contributed by atoms with van der Waals surface area (Å²) in [5.74, 6) is -0.0859. The second-order valence-electron chi connectivity index (χ2n) is 6.81. The first-order valence-electron chi connectivity index (χ1n) is 7.95. The highest BCUT2D eigenvalue weighted by Crippen LogP contribution is 2.18. The molecule has 25 heavy (non-hydrogen) atoms. The third-order valence-electron chi connectivity index (χ3n) is 3.01. The lowest BCUT2D eigenvalue weighted by molar-refractivity contribution is -0.114. The lowest BCUT2D eigenvalue weighted by atomic mass is 10.1. The molecule has 0 aliphatic heterocycles. The Kier molecular flexibility index (Phi) is 5.36. The lowest BCUT2D eigenvalue weighted by Gasteiger charge is -2.20. The zero-order chi connectivity index (χ0) is 18.6. The maximum absolute atomic E-state index is 12.3. The van der Waals surface area contributed by atoms with Crippen molar-refractivity contribution in [1.82, 2.24) is 15.3 Å². The molecule has 0 aliphatic carbocycles. The van der Waals surface area contributed by atoms with Crippen LogP contribution in [0.1, 0.15) is 43.9 Å². The van der Waals surface area contributed by atoms with Gasteiger partial charge in [-0.2, -0.15) is 0 Å². The van der Waals surface area contributed by atoms with Crippen LogP contribution < -0.4 is 16.0 Å². The lowest BCUT2D eigenvalue weighted by Crippen LogP contribution is -2.41. The normalized spacial score (nSPS) is 10.9. The molecule has 2 amide bonds. The molecule has 7 heteroatoms. The molecule has 0 bridgehead atoms. The van der Waals surface area contributed by atoms with E-state index in [9.17, 15) is 9.59 Å². The molecular weight excluding hydrogens is 318 g/mol. The number of benzene rings is 1. The maximum Gasteiger partial charge on any atom is 0.270 e. The van der Waals surface area contributed by atoms with Gasteiger partial charge in [0.2, 0.25) is 11.9 Å². The van der Waals surface area contributed by atoms with Crippen molar-refractivity contribution in [3.63, 3.8) is 0 Å². The molecule has 1 heterocycles. The molecule has 2 rings (SSSR count). The van der Waals surface area contributed by atoms with Crippen LogP contribution >= 0.6 is 0 Å². The molecule has 132 valence electrons. The van der Waals surface area contributed by atoms with Crippen molar-refractivity contribution in [2.24, 2.45) is 0 Å². The topological polar surface area (TPSA) is 96.0 Å². The van der Waals surface area contributed by atoms with Gasteiger partial charge in [0.25, 0.3) is 5.91 Å². The minimum absolute atomic E-state index is 0.148. The highest BCUT2D eigenvalue weighted by atomic mass is 16.2. The minimum atomic E-state index is -0.351. The number of hydrogen-bond acceptors (Lipinski definition) is 5. The molecule has 0 saturated heterocycles. The Hall–Kier alpha value is -2.96. The van der Waals surface area contributed by atoms with Crippen molar-refractivity contribution < 1.29 is 9.59 Å². The Morgan fingerprint density at radius 2 is 1.72 bits per heavy atom. The number of anilines is 3. The number of hydrogen-bond donors (Lipinski definition) is 3. The van der Waals surface area contributed by atoms with Crippen molar-refractivity contribution >= 4 is 29.1 Å². The van der Waals surface area contributed by atoms with E-state index in [-0.39, 0.29) is 17.4 Å². The van der Waals surface area contributed by atoms with Crippen molar-refractivity contribution in [2.45, 2.75) is 40.2 Å². The van der Waals surface area contributed by atoms with Gasteiger partial charge in [0.05, 0.1) is 0 Å². The molecule has 1 aromatic carbocycles. The summed E-state index contributed by atoms with van der Waals surface area (Å²) in [5, 5.41) is 8.66. The van der Waals surface area contributed by atoms with E-state index < -0.39 is 0 Å². The number of aryl methyl sites for hydroxylation is 1. The fourth-order valence-electron chi connectivity index (χ4n) is 2.15. The first kappa shape index (κ1) is 18.4. The average molecular weight is 341 g/mol. The van der Waals surface area contributed by atoms with Gasteiger partial charge in [0.1, 0.15) is 5.69 Å². The second kappa shape index (κ2) is 7.29. The molecule has 3 N–H and O–H groups in total. The number of amides is 2. The summed E-state index contributed by atoms with van der Waals surface area (Å²) in [7, 11) is 0. The number of aromatic nitrogens is 2. The summed E-state index contributed by atoms with van der Waals surface area (Å²) in [5.41, 5.74) is 1.99. The van der Waals surface area contributed by atoms with Crippen LogP contribution in [0.3, 0.4) is 0 Å².